The van der Waals surface area contributed by atoms with Gasteiger partial charge in [0.15, 0.2) is 5.78 Å². The van der Waals surface area contributed by atoms with Crippen molar-refractivity contribution in [2.24, 2.45) is 11.8 Å². The molecule has 2 unspecified atom stereocenters. The molecule has 3 heteroatoms. The lowest BCUT2D eigenvalue weighted by Crippen LogP contribution is -2.00. The second-order valence-electron chi connectivity index (χ2n) is 3.28. The van der Waals surface area contributed by atoms with Gasteiger partial charge >= 0.3 is 0 Å². The number of hydrogen-bond donors (Lipinski definition) is 0. The van der Waals surface area contributed by atoms with Gasteiger partial charge in [-0.2, -0.15) is 0 Å². The number of carbonyl (C=O) groups is 1. The first kappa shape index (κ1) is 8.45. The maximum atomic E-state index is 11.7. The standard InChI is InChI=1S/C9H9BrOS/c1-5-4-6(5)8(11)9-7(10)2-3-12-9/h2-3,5-6H,4H2,1H3. The van der Waals surface area contributed by atoms with Crippen molar-refractivity contribution in [3.8, 4) is 0 Å². The van der Waals surface area contributed by atoms with Gasteiger partial charge in [-0.3, -0.25) is 4.79 Å². The van der Waals surface area contributed by atoms with Crippen LogP contribution in [0.15, 0.2) is 15.9 Å². The average Bonchev–Trinajstić information content (AvgIpc) is 2.59. The van der Waals surface area contributed by atoms with Crippen molar-refractivity contribution in [3.63, 3.8) is 0 Å². The van der Waals surface area contributed by atoms with Gasteiger partial charge in [-0.05, 0) is 39.7 Å². The lowest BCUT2D eigenvalue weighted by molar-refractivity contribution is 0.0965. The highest BCUT2D eigenvalue weighted by Gasteiger charge is 2.40. The number of hydrogen-bond acceptors (Lipinski definition) is 2. The Balaban J connectivity index is 2.20. The molecule has 0 N–H and O–H groups in total. The molecular formula is C9H9BrOS. The maximum absolute atomic E-state index is 11.7. The van der Waals surface area contributed by atoms with Gasteiger partial charge in [0.1, 0.15) is 0 Å². The Morgan fingerprint density at radius 1 is 1.75 bits per heavy atom. The van der Waals surface area contributed by atoms with Gasteiger partial charge in [0, 0.05) is 10.4 Å². The normalized spacial score (nSPS) is 27.2. The maximum Gasteiger partial charge on any atom is 0.177 e. The van der Waals surface area contributed by atoms with Crippen molar-refractivity contribution in [1.82, 2.24) is 0 Å². The van der Waals surface area contributed by atoms with Crippen LogP contribution in [0.4, 0.5) is 0 Å². The Morgan fingerprint density at radius 2 is 2.42 bits per heavy atom. The van der Waals surface area contributed by atoms with Crippen molar-refractivity contribution in [2.75, 3.05) is 0 Å². The van der Waals surface area contributed by atoms with Crippen LogP contribution in [0, 0.1) is 11.8 Å². The molecule has 64 valence electrons. The number of halogens is 1. The molecule has 1 fully saturated rings. The fourth-order valence-electron chi connectivity index (χ4n) is 1.33. The number of thiophene rings is 1. The molecule has 0 radical (unpaired) electrons. The molecule has 1 aliphatic rings. The van der Waals surface area contributed by atoms with Crippen LogP contribution in [0.1, 0.15) is 23.0 Å². The molecule has 0 bridgehead atoms. The number of carbonyl (C=O) groups excluding carboxylic acids is 1. The van der Waals surface area contributed by atoms with Crippen LogP contribution in [0.5, 0.6) is 0 Å². The van der Waals surface area contributed by atoms with Crippen LogP contribution in [-0.2, 0) is 0 Å². The summed E-state index contributed by atoms with van der Waals surface area (Å²) in [5.41, 5.74) is 0. The van der Waals surface area contributed by atoms with Gasteiger partial charge < -0.3 is 0 Å². The third-order valence-corrected chi connectivity index (χ3v) is 4.14. The molecule has 2 atom stereocenters. The van der Waals surface area contributed by atoms with Gasteiger partial charge in [0.25, 0.3) is 0 Å². The molecule has 2 rings (SSSR count). The van der Waals surface area contributed by atoms with E-state index in [1.165, 1.54) is 11.3 Å². The van der Waals surface area contributed by atoms with E-state index in [0.717, 1.165) is 15.8 Å². The van der Waals surface area contributed by atoms with E-state index in [-0.39, 0.29) is 0 Å². The van der Waals surface area contributed by atoms with Crippen LogP contribution in [0.2, 0.25) is 0 Å². The highest BCUT2D eigenvalue weighted by Crippen LogP contribution is 2.42. The first-order chi connectivity index (χ1) is 5.70. The van der Waals surface area contributed by atoms with Crippen LogP contribution in [-0.4, -0.2) is 5.78 Å². The molecule has 0 spiro atoms. The highest BCUT2D eigenvalue weighted by atomic mass is 79.9. The summed E-state index contributed by atoms with van der Waals surface area (Å²) >= 11 is 4.90. The molecule has 1 aromatic heterocycles. The summed E-state index contributed by atoms with van der Waals surface area (Å²) in [4.78, 5) is 12.6. The van der Waals surface area contributed by atoms with E-state index in [1.807, 2.05) is 11.4 Å². The van der Waals surface area contributed by atoms with Crippen LogP contribution in [0.25, 0.3) is 0 Å². The van der Waals surface area contributed by atoms with Crippen LogP contribution >= 0.6 is 27.3 Å². The Hall–Kier alpha value is -0.150. The molecule has 1 aromatic rings. The van der Waals surface area contributed by atoms with Crippen molar-refractivity contribution >= 4 is 33.0 Å². The summed E-state index contributed by atoms with van der Waals surface area (Å²) in [7, 11) is 0. The summed E-state index contributed by atoms with van der Waals surface area (Å²) in [6, 6.07) is 1.94. The van der Waals surface area contributed by atoms with Gasteiger partial charge in [0.05, 0.1) is 4.88 Å². The molecule has 1 aliphatic carbocycles. The summed E-state index contributed by atoms with van der Waals surface area (Å²) in [6.45, 7) is 2.13. The summed E-state index contributed by atoms with van der Waals surface area (Å²) in [5.74, 6) is 1.23. The van der Waals surface area contributed by atoms with E-state index >= 15 is 0 Å². The quantitative estimate of drug-likeness (QED) is 0.730. The van der Waals surface area contributed by atoms with Crippen LogP contribution in [0.3, 0.4) is 0 Å². The zero-order valence-corrected chi connectivity index (χ0v) is 9.11. The van der Waals surface area contributed by atoms with Crippen molar-refractivity contribution < 1.29 is 4.79 Å². The first-order valence-corrected chi connectivity index (χ1v) is 5.64. The van der Waals surface area contributed by atoms with Crippen LogP contribution < -0.4 is 0 Å². The van der Waals surface area contributed by atoms with E-state index in [4.69, 9.17) is 0 Å². The average molecular weight is 245 g/mol. The minimum Gasteiger partial charge on any atom is -0.293 e. The third kappa shape index (κ3) is 1.36. The molecule has 0 amide bonds. The summed E-state index contributed by atoms with van der Waals surface area (Å²) < 4.78 is 0.955. The van der Waals surface area contributed by atoms with Gasteiger partial charge in [-0.1, -0.05) is 6.92 Å². The minimum atomic E-state index is 0.306. The highest BCUT2D eigenvalue weighted by molar-refractivity contribution is 9.10. The Labute approximate surface area is 83.9 Å². The SMILES string of the molecule is CC1CC1C(=O)c1sccc1Br. The lowest BCUT2D eigenvalue weighted by Gasteiger charge is -1.94. The van der Waals surface area contributed by atoms with E-state index in [0.29, 0.717) is 17.6 Å². The van der Waals surface area contributed by atoms with E-state index in [9.17, 15) is 4.79 Å². The Bertz CT molecular complexity index is 318. The number of rotatable bonds is 2. The Kier molecular flexibility index (Phi) is 2.09. The largest absolute Gasteiger partial charge is 0.293 e. The molecule has 0 aliphatic heterocycles. The van der Waals surface area contributed by atoms with Crippen molar-refractivity contribution in [3.05, 3.63) is 20.8 Å². The predicted octanol–water partition coefficient (Wildman–Crippen LogP) is 3.35. The zero-order valence-electron chi connectivity index (χ0n) is 6.71. The minimum absolute atomic E-state index is 0.306. The zero-order chi connectivity index (χ0) is 8.72. The van der Waals surface area contributed by atoms with E-state index < -0.39 is 0 Å². The van der Waals surface area contributed by atoms with Crippen molar-refractivity contribution in [1.29, 1.82) is 0 Å². The third-order valence-electron chi connectivity index (χ3n) is 2.29. The number of ketones is 1. The predicted molar refractivity (Wildman–Crippen MR) is 53.6 cm³/mol. The fraction of sp³-hybridized carbons (Fsp3) is 0.444. The van der Waals surface area contributed by atoms with Gasteiger partial charge in [-0.25, -0.2) is 0 Å². The second-order valence-corrected chi connectivity index (χ2v) is 5.05. The molecule has 1 saturated carbocycles. The second kappa shape index (κ2) is 2.96. The molecule has 12 heavy (non-hydrogen) atoms. The summed E-state index contributed by atoms with van der Waals surface area (Å²) in [5, 5.41) is 1.95. The molecule has 1 heterocycles. The molecule has 0 aromatic carbocycles. The topological polar surface area (TPSA) is 17.1 Å². The number of Topliss-reactive ketones (excluding diaryl/α,β-unsaturated/α-hetero) is 1. The summed E-state index contributed by atoms with van der Waals surface area (Å²) in [6.07, 6.45) is 1.07. The van der Waals surface area contributed by atoms with Gasteiger partial charge in [0.2, 0.25) is 0 Å². The lowest BCUT2D eigenvalue weighted by atomic mass is 10.2. The van der Waals surface area contributed by atoms with E-state index in [2.05, 4.69) is 22.9 Å². The van der Waals surface area contributed by atoms with E-state index in [1.54, 1.807) is 0 Å². The molecular weight excluding hydrogens is 236 g/mol. The Morgan fingerprint density at radius 3 is 2.83 bits per heavy atom. The van der Waals surface area contributed by atoms with Gasteiger partial charge in [-0.15, -0.1) is 11.3 Å². The monoisotopic (exact) mass is 244 g/mol. The molecule has 0 saturated heterocycles. The smallest absolute Gasteiger partial charge is 0.177 e. The fourth-order valence-corrected chi connectivity index (χ4v) is 2.90. The first-order valence-electron chi connectivity index (χ1n) is 3.97. The molecule has 1 nitrogen and oxygen atoms in total. The van der Waals surface area contributed by atoms with Crippen molar-refractivity contribution in [2.45, 2.75) is 13.3 Å².